The molecule has 1 heterocycles. The Morgan fingerprint density at radius 2 is 2.19 bits per heavy atom. The van der Waals surface area contributed by atoms with Gasteiger partial charge in [-0.25, -0.2) is 0 Å². The summed E-state index contributed by atoms with van der Waals surface area (Å²) in [4.78, 5) is 0. The molecule has 6 unspecified atom stereocenters. The maximum Gasteiger partial charge on any atom is 0.0681 e. The van der Waals surface area contributed by atoms with E-state index in [0.717, 1.165) is 37.7 Å². The Morgan fingerprint density at radius 1 is 1.35 bits per heavy atom. The quantitative estimate of drug-likeness (QED) is 0.638. The van der Waals surface area contributed by atoms with Gasteiger partial charge in [-0.2, -0.15) is 0 Å². The van der Waals surface area contributed by atoms with E-state index in [1.54, 1.807) is 0 Å². The molecule has 0 amide bonds. The van der Waals surface area contributed by atoms with Crippen molar-refractivity contribution in [1.82, 2.24) is 0 Å². The first-order valence-corrected chi connectivity index (χ1v) is 10.1. The highest BCUT2D eigenvalue weighted by Crippen LogP contribution is 2.47. The molecule has 0 aromatic carbocycles. The smallest absolute Gasteiger partial charge is 0.0681 e. The van der Waals surface area contributed by atoms with Gasteiger partial charge in [0, 0.05) is 24.4 Å². The van der Waals surface area contributed by atoms with Crippen LogP contribution in [0, 0.1) is 17.8 Å². The van der Waals surface area contributed by atoms with E-state index in [1.807, 2.05) is 0 Å². The molecular formula is C22H34N2O2. The number of allylic oxidation sites excluding steroid dienone is 2. The zero-order chi connectivity index (χ0) is 18.5. The Labute approximate surface area is 157 Å². The maximum absolute atomic E-state index is 9.95. The highest BCUT2D eigenvalue weighted by atomic mass is 16.5. The van der Waals surface area contributed by atoms with Gasteiger partial charge in [0.15, 0.2) is 0 Å². The van der Waals surface area contributed by atoms with Crippen molar-refractivity contribution in [2.24, 2.45) is 29.2 Å². The SMILES string of the molecule is CCCC1OC2CC(N)C=CC2C(C2=C(CO)C=CCC2)C1/C=C\CN. The second-order valence-corrected chi connectivity index (χ2v) is 7.78. The normalized spacial score (nSPS) is 37.4. The molecule has 0 saturated carbocycles. The largest absolute Gasteiger partial charge is 0.392 e. The van der Waals surface area contributed by atoms with Crippen molar-refractivity contribution in [1.29, 1.82) is 0 Å². The number of aliphatic hydroxyl groups excluding tert-OH is 1. The minimum atomic E-state index is 0.0767. The number of ether oxygens (including phenoxy) is 1. The fourth-order valence-electron chi connectivity index (χ4n) is 4.96. The highest BCUT2D eigenvalue weighted by molar-refractivity contribution is 5.35. The molecule has 0 radical (unpaired) electrons. The number of fused-ring (bicyclic) bond motifs is 1. The van der Waals surface area contributed by atoms with Gasteiger partial charge in [-0.15, -0.1) is 0 Å². The van der Waals surface area contributed by atoms with E-state index in [9.17, 15) is 5.11 Å². The van der Waals surface area contributed by atoms with Gasteiger partial charge < -0.3 is 21.3 Å². The van der Waals surface area contributed by atoms with Gasteiger partial charge in [0.1, 0.15) is 0 Å². The molecule has 0 bridgehead atoms. The third-order valence-corrected chi connectivity index (χ3v) is 6.07. The van der Waals surface area contributed by atoms with Crippen molar-refractivity contribution in [3.63, 3.8) is 0 Å². The summed E-state index contributed by atoms with van der Waals surface area (Å²) < 4.78 is 6.57. The summed E-state index contributed by atoms with van der Waals surface area (Å²) >= 11 is 0. The minimum absolute atomic E-state index is 0.0767. The molecule has 2 aliphatic carbocycles. The summed E-state index contributed by atoms with van der Waals surface area (Å²) in [5.74, 6) is 0.962. The zero-order valence-corrected chi connectivity index (χ0v) is 15.9. The lowest BCUT2D eigenvalue weighted by atomic mass is 9.64. The first-order valence-electron chi connectivity index (χ1n) is 10.1. The van der Waals surface area contributed by atoms with Crippen LogP contribution in [0.4, 0.5) is 0 Å². The molecule has 0 aromatic heterocycles. The van der Waals surface area contributed by atoms with Gasteiger partial charge >= 0.3 is 0 Å². The van der Waals surface area contributed by atoms with Gasteiger partial charge in [0.2, 0.25) is 0 Å². The summed E-state index contributed by atoms with van der Waals surface area (Å²) in [6.07, 6.45) is 18.5. The average molecular weight is 359 g/mol. The van der Waals surface area contributed by atoms with Crippen LogP contribution in [0.3, 0.4) is 0 Å². The van der Waals surface area contributed by atoms with Gasteiger partial charge in [-0.3, -0.25) is 0 Å². The molecule has 3 rings (SSSR count). The molecule has 4 heteroatoms. The lowest BCUT2D eigenvalue weighted by Gasteiger charge is -2.49. The van der Waals surface area contributed by atoms with E-state index in [2.05, 4.69) is 43.4 Å². The fourth-order valence-corrected chi connectivity index (χ4v) is 4.96. The van der Waals surface area contributed by atoms with Gasteiger partial charge in [-0.1, -0.05) is 55.4 Å². The molecule has 3 aliphatic rings. The van der Waals surface area contributed by atoms with Crippen LogP contribution in [0.2, 0.25) is 0 Å². The highest BCUT2D eigenvalue weighted by Gasteiger charge is 2.46. The van der Waals surface area contributed by atoms with Crippen LogP contribution in [0.25, 0.3) is 0 Å². The van der Waals surface area contributed by atoms with Crippen LogP contribution in [-0.2, 0) is 4.74 Å². The average Bonchev–Trinajstić information content (AvgIpc) is 2.66. The summed E-state index contributed by atoms with van der Waals surface area (Å²) in [5, 5.41) is 9.95. The molecule has 26 heavy (non-hydrogen) atoms. The number of aliphatic hydroxyl groups is 1. The first-order chi connectivity index (χ1) is 12.7. The number of hydrogen-bond donors (Lipinski definition) is 3. The Morgan fingerprint density at radius 3 is 2.92 bits per heavy atom. The van der Waals surface area contributed by atoms with Crippen LogP contribution < -0.4 is 11.5 Å². The topological polar surface area (TPSA) is 81.5 Å². The summed E-state index contributed by atoms with van der Waals surface area (Å²) in [6.45, 7) is 2.86. The van der Waals surface area contributed by atoms with Crippen LogP contribution >= 0.6 is 0 Å². The Kier molecular flexibility index (Phi) is 6.87. The van der Waals surface area contributed by atoms with Crippen LogP contribution in [0.5, 0.6) is 0 Å². The molecule has 1 fully saturated rings. The third-order valence-electron chi connectivity index (χ3n) is 6.07. The van der Waals surface area contributed by atoms with Crippen LogP contribution in [0.15, 0.2) is 47.6 Å². The predicted molar refractivity (Wildman–Crippen MR) is 106 cm³/mol. The predicted octanol–water partition coefficient (Wildman–Crippen LogP) is 2.84. The van der Waals surface area contributed by atoms with E-state index in [0.29, 0.717) is 24.3 Å². The lowest BCUT2D eigenvalue weighted by molar-refractivity contribution is -0.122. The molecule has 6 atom stereocenters. The molecule has 0 spiro atoms. The van der Waals surface area contributed by atoms with Crippen molar-refractivity contribution < 1.29 is 9.84 Å². The van der Waals surface area contributed by atoms with E-state index < -0.39 is 0 Å². The number of nitrogens with two attached hydrogens (primary N) is 2. The molecule has 0 aromatic rings. The van der Waals surface area contributed by atoms with Crippen molar-refractivity contribution in [2.75, 3.05) is 13.2 Å². The second kappa shape index (κ2) is 9.14. The Hall–Kier alpha value is -1.20. The maximum atomic E-state index is 9.95. The summed E-state index contributed by atoms with van der Waals surface area (Å²) in [5.41, 5.74) is 14.5. The molecule has 1 aliphatic heterocycles. The van der Waals surface area contributed by atoms with Crippen LogP contribution in [-0.4, -0.2) is 36.5 Å². The van der Waals surface area contributed by atoms with E-state index in [-0.39, 0.29) is 24.9 Å². The van der Waals surface area contributed by atoms with Crippen molar-refractivity contribution >= 4 is 0 Å². The third kappa shape index (κ3) is 4.04. The standard InChI is InChI=1S/C22H34N2O2/c1-2-6-20-18(9-5-12-23)22(17-8-4-3-7-15(17)14-25)19-11-10-16(24)13-21(19)26-20/h3,5,7,9-11,16,18-22,25H,2,4,6,8,12-14,23-24H2,1H3/b9-5-. The molecule has 1 saturated heterocycles. The van der Waals surface area contributed by atoms with Gasteiger partial charge in [-0.05, 0) is 37.2 Å². The van der Waals surface area contributed by atoms with Crippen molar-refractivity contribution in [3.8, 4) is 0 Å². The van der Waals surface area contributed by atoms with Crippen molar-refractivity contribution in [3.05, 3.63) is 47.6 Å². The molecule has 4 nitrogen and oxygen atoms in total. The number of hydrogen-bond acceptors (Lipinski definition) is 4. The Bertz CT molecular complexity index is 593. The van der Waals surface area contributed by atoms with Crippen molar-refractivity contribution in [2.45, 2.75) is 57.3 Å². The molecule has 144 valence electrons. The fraction of sp³-hybridized carbons (Fsp3) is 0.636. The van der Waals surface area contributed by atoms with E-state index in [4.69, 9.17) is 16.2 Å². The minimum Gasteiger partial charge on any atom is -0.392 e. The lowest BCUT2D eigenvalue weighted by Crippen LogP contribution is -2.50. The van der Waals surface area contributed by atoms with Gasteiger partial charge in [0.25, 0.3) is 0 Å². The number of rotatable bonds is 6. The van der Waals surface area contributed by atoms with Gasteiger partial charge in [0.05, 0.1) is 18.8 Å². The summed E-state index contributed by atoms with van der Waals surface area (Å²) in [6, 6.07) is 0.0767. The van der Waals surface area contributed by atoms with E-state index in [1.165, 1.54) is 5.57 Å². The Balaban J connectivity index is 2.05. The summed E-state index contributed by atoms with van der Waals surface area (Å²) in [7, 11) is 0. The first kappa shape index (κ1) is 19.6. The zero-order valence-electron chi connectivity index (χ0n) is 15.9. The van der Waals surface area contributed by atoms with E-state index >= 15 is 0 Å². The molecular weight excluding hydrogens is 324 g/mol. The second-order valence-electron chi connectivity index (χ2n) is 7.78. The van der Waals surface area contributed by atoms with Crippen LogP contribution in [0.1, 0.15) is 39.0 Å². The molecule has 5 N–H and O–H groups in total. The monoisotopic (exact) mass is 358 g/mol.